The Bertz CT molecular complexity index is 1420. The number of benzene rings is 3. The summed E-state index contributed by atoms with van der Waals surface area (Å²) in [4.78, 5) is 28.6. The van der Waals surface area contributed by atoms with Crippen LogP contribution in [0, 0.1) is 5.82 Å². The van der Waals surface area contributed by atoms with Gasteiger partial charge in [0.15, 0.2) is 0 Å². The first-order valence-corrected chi connectivity index (χ1v) is 14.5. The number of ether oxygens (including phenoxy) is 2. The van der Waals surface area contributed by atoms with Gasteiger partial charge in [-0.25, -0.2) is 12.8 Å². The quantitative estimate of drug-likeness (QED) is 0.337. The summed E-state index contributed by atoms with van der Waals surface area (Å²) in [5.74, 6) is -1.15. The number of methoxy groups -OCH3 is 2. The van der Waals surface area contributed by atoms with Crippen molar-refractivity contribution in [3.8, 4) is 11.5 Å². The Labute approximate surface area is 234 Å². The summed E-state index contributed by atoms with van der Waals surface area (Å²) in [6.45, 7) is 1.14. The summed E-state index contributed by atoms with van der Waals surface area (Å²) in [5.41, 5.74) is 1.05. The van der Waals surface area contributed by atoms with E-state index in [1.54, 1.807) is 19.1 Å². The van der Waals surface area contributed by atoms with Gasteiger partial charge in [0, 0.05) is 31.1 Å². The molecule has 214 valence electrons. The van der Waals surface area contributed by atoms with Gasteiger partial charge in [-0.15, -0.1) is 0 Å². The van der Waals surface area contributed by atoms with E-state index in [1.165, 1.54) is 49.5 Å². The van der Waals surface area contributed by atoms with E-state index < -0.39 is 40.2 Å². The van der Waals surface area contributed by atoms with Crippen LogP contribution in [-0.4, -0.2) is 64.7 Å². The van der Waals surface area contributed by atoms with Crippen LogP contribution in [0.1, 0.15) is 18.1 Å². The first kappa shape index (κ1) is 30.4. The van der Waals surface area contributed by atoms with E-state index in [0.717, 1.165) is 16.1 Å². The highest BCUT2D eigenvalue weighted by atomic mass is 32.2. The average Bonchev–Trinajstić information content (AvgIpc) is 2.94. The number of likely N-dealkylation sites (N-methyl/N-ethyl adjacent to an activating group) is 1. The monoisotopic (exact) mass is 571 g/mol. The lowest BCUT2D eigenvalue weighted by atomic mass is 10.0. The molecule has 0 spiro atoms. The van der Waals surface area contributed by atoms with Crippen molar-refractivity contribution in [3.63, 3.8) is 0 Å². The summed E-state index contributed by atoms with van der Waals surface area (Å²) < 4.78 is 52.3. The fourth-order valence-corrected chi connectivity index (χ4v) is 5.09. The zero-order valence-corrected chi connectivity index (χ0v) is 23.8. The van der Waals surface area contributed by atoms with Gasteiger partial charge < -0.3 is 19.7 Å². The molecule has 0 aromatic heterocycles. The molecule has 0 heterocycles. The predicted octanol–water partition coefficient (Wildman–Crippen LogP) is 3.39. The second kappa shape index (κ2) is 13.8. The summed E-state index contributed by atoms with van der Waals surface area (Å²) in [7, 11) is -1.22. The van der Waals surface area contributed by atoms with Crippen LogP contribution in [0.4, 0.5) is 10.1 Å². The lowest BCUT2D eigenvalue weighted by Gasteiger charge is -2.33. The van der Waals surface area contributed by atoms with Gasteiger partial charge in [0.05, 0.1) is 26.2 Å². The predicted molar refractivity (Wildman–Crippen MR) is 151 cm³/mol. The van der Waals surface area contributed by atoms with Crippen molar-refractivity contribution in [2.45, 2.75) is 25.9 Å². The molecule has 0 unspecified atom stereocenters. The molecule has 3 aromatic carbocycles. The van der Waals surface area contributed by atoms with Gasteiger partial charge in [-0.2, -0.15) is 0 Å². The number of anilines is 1. The number of carbonyl (C=O) groups excluding carboxylic acids is 2. The molecule has 3 aromatic rings. The van der Waals surface area contributed by atoms with Gasteiger partial charge >= 0.3 is 0 Å². The Morgan fingerprint density at radius 3 is 2.25 bits per heavy atom. The van der Waals surface area contributed by atoms with Crippen LogP contribution in [0.15, 0.2) is 72.8 Å². The third-order valence-corrected chi connectivity index (χ3v) is 7.38. The number of hydrogen-bond acceptors (Lipinski definition) is 6. The number of amides is 2. The maximum absolute atomic E-state index is 14.8. The fraction of sp³-hybridized carbons (Fsp3) is 0.310. The molecule has 11 heteroatoms. The number of halogens is 1. The maximum Gasteiger partial charge on any atom is 0.244 e. The summed E-state index contributed by atoms with van der Waals surface area (Å²) in [5, 5.41) is 2.76. The van der Waals surface area contributed by atoms with Gasteiger partial charge in [-0.3, -0.25) is 13.9 Å². The van der Waals surface area contributed by atoms with Gasteiger partial charge in [0.1, 0.15) is 29.9 Å². The molecule has 9 nitrogen and oxygen atoms in total. The van der Waals surface area contributed by atoms with Crippen molar-refractivity contribution >= 4 is 27.5 Å². The van der Waals surface area contributed by atoms with Crippen molar-refractivity contribution in [1.29, 1.82) is 0 Å². The molecule has 1 atom stereocenters. The van der Waals surface area contributed by atoms with Crippen LogP contribution in [0.3, 0.4) is 0 Å². The van der Waals surface area contributed by atoms with Crippen LogP contribution in [0.25, 0.3) is 0 Å². The first-order chi connectivity index (χ1) is 19.1. The largest absolute Gasteiger partial charge is 0.497 e. The molecule has 3 rings (SSSR count). The number of hydrogen-bond donors (Lipinski definition) is 1. The Kier molecular flexibility index (Phi) is 10.5. The highest BCUT2D eigenvalue weighted by Crippen LogP contribution is 2.34. The highest BCUT2D eigenvalue weighted by molar-refractivity contribution is 7.92. The van der Waals surface area contributed by atoms with Gasteiger partial charge in [-0.1, -0.05) is 48.5 Å². The summed E-state index contributed by atoms with van der Waals surface area (Å²) >= 11 is 0. The molecule has 1 N–H and O–H groups in total. The minimum Gasteiger partial charge on any atom is -0.497 e. The molecule has 0 aliphatic heterocycles. The van der Waals surface area contributed by atoms with Gasteiger partial charge in [0.2, 0.25) is 21.8 Å². The van der Waals surface area contributed by atoms with E-state index in [2.05, 4.69) is 5.32 Å². The van der Waals surface area contributed by atoms with Crippen LogP contribution >= 0.6 is 0 Å². The molecule has 0 radical (unpaired) electrons. The standard InChI is InChI=1S/C29H34FN3O6S/c1-5-31-29(35)26(17-21-11-7-6-8-12-21)32(19-22-13-9-10-14-24(22)30)28(34)20-33(40(4,36)37)25-18-23(38-2)15-16-27(25)39-3/h6-16,18,26H,5,17,19-20H2,1-4H3,(H,31,35)/t26-/m0/s1. The van der Waals surface area contributed by atoms with Crippen LogP contribution in [0.2, 0.25) is 0 Å². The molecule has 0 fully saturated rings. The molecule has 0 saturated carbocycles. The SMILES string of the molecule is CCNC(=O)[C@H](Cc1ccccc1)N(Cc1ccccc1F)C(=O)CN(c1cc(OC)ccc1OC)S(C)(=O)=O. The number of carbonyl (C=O) groups is 2. The molecular weight excluding hydrogens is 537 g/mol. The minimum atomic E-state index is -4.02. The first-order valence-electron chi connectivity index (χ1n) is 12.6. The van der Waals surface area contributed by atoms with E-state index in [0.29, 0.717) is 12.3 Å². The van der Waals surface area contributed by atoms with Crippen LogP contribution < -0.4 is 19.1 Å². The zero-order valence-electron chi connectivity index (χ0n) is 23.0. The molecule has 0 bridgehead atoms. The van der Waals surface area contributed by atoms with E-state index >= 15 is 0 Å². The second-order valence-corrected chi connectivity index (χ2v) is 10.9. The molecule has 0 saturated heterocycles. The summed E-state index contributed by atoms with van der Waals surface area (Å²) in [6.07, 6.45) is 1.10. The number of rotatable bonds is 13. The fourth-order valence-electron chi connectivity index (χ4n) is 4.24. The normalized spacial score (nSPS) is 11.8. The van der Waals surface area contributed by atoms with Crippen LogP contribution in [0.5, 0.6) is 11.5 Å². The summed E-state index contributed by atoms with van der Waals surface area (Å²) in [6, 6.07) is 18.6. The zero-order chi connectivity index (χ0) is 29.3. The molecule has 0 aliphatic rings. The van der Waals surface area contributed by atoms with Crippen molar-refractivity contribution in [1.82, 2.24) is 10.2 Å². The third kappa shape index (κ3) is 7.72. The molecule has 0 aliphatic carbocycles. The van der Waals surface area contributed by atoms with E-state index in [4.69, 9.17) is 9.47 Å². The third-order valence-electron chi connectivity index (χ3n) is 6.25. The number of nitrogens with zero attached hydrogens (tertiary/aromatic N) is 2. The van der Waals surface area contributed by atoms with E-state index in [9.17, 15) is 22.4 Å². The molecule has 2 amide bonds. The number of nitrogens with one attached hydrogen (secondary N) is 1. The van der Waals surface area contributed by atoms with Crippen molar-refractivity contribution in [2.75, 3.05) is 37.9 Å². The van der Waals surface area contributed by atoms with E-state index in [1.807, 2.05) is 30.3 Å². The maximum atomic E-state index is 14.8. The smallest absolute Gasteiger partial charge is 0.244 e. The van der Waals surface area contributed by atoms with Gasteiger partial charge in [-0.05, 0) is 30.7 Å². The lowest BCUT2D eigenvalue weighted by Crippen LogP contribution is -2.53. The average molecular weight is 572 g/mol. The minimum absolute atomic E-state index is 0.0844. The van der Waals surface area contributed by atoms with E-state index in [-0.39, 0.29) is 30.0 Å². The van der Waals surface area contributed by atoms with Crippen molar-refractivity contribution in [3.05, 3.63) is 89.7 Å². The topological polar surface area (TPSA) is 105 Å². The highest BCUT2D eigenvalue weighted by Gasteiger charge is 2.34. The Morgan fingerprint density at radius 2 is 1.65 bits per heavy atom. The Morgan fingerprint density at radius 1 is 0.975 bits per heavy atom. The van der Waals surface area contributed by atoms with Crippen molar-refractivity contribution < 1.29 is 31.9 Å². The molecular formula is C29H34FN3O6S. The molecule has 40 heavy (non-hydrogen) atoms. The Balaban J connectivity index is 2.10. The van der Waals surface area contributed by atoms with Gasteiger partial charge in [0.25, 0.3) is 0 Å². The number of sulfonamides is 1. The van der Waals surface area contributed by atoms with Crippen LogP contribution in [-0.2, 0) is 32.6 Å². The Hall–Kier alpha value is -4.12. The second-order valence-electron chi connectivity index (χ2n) is 9.02. The lowest BCUT2D eigenvalue weighted by molar-refractivity contribution is -0.140. The van der Waals surface area contributed by atoms with Crippen molar-refractivity contribution in [2.24, 2.45) is 0 Å².